The molecule has 226 valence electrons. The lowest BCUT2D eigenvalue weighted by atomic mass is 10.1. The van der Waals surface area contributed by atoms with Crippen LogP contribution in [0.15, 0.2) is 90.4 Å². The summed E-state index contributed by atoms with van der Waals surface area (Å²) in [5.74, 6) is 1.26. The molecule has 0 amide bonds. The Labute approximate surface area is 261 Å². The van der Waals surface area contributed by atoms with Crippen LogP contribution in [0.5, 0.6) is 17.2 Å². The Morgan fingerprint density at radius 2 is 1.80 bits per heavy atom. The van der Waals surface area contributed by atoms with Crippen LogP contribution in [0.4, 0.5) is 4.39 Å². The fourth-order valence-electron chi connectivity index (χ4n) is 4.64. The third-order valence-electron chi connectivity index (χ3n) is 6.72. The quantitative estimate of drug-likeness (QED) is 0.168. The first-order valence-corrected chi connectivity index (χ1v) is 14.9. The average molecular weight is 622 g/mol. The summed E-state index contributed by atoms with van der Waals surface area (Å²) in [6.07, 6.45) is 8.76. The maximum Gasteiger partial charge on any atom is 0.291 e. The first kappa shape index (κ1) is 29.5. The highest BCUT2D eigenvalue weighted by Crippen LogP contribution is 2.30. The molecule has 0 aliphatic heterocycles. The number of hydrogen-bond acceptors (Lipinski definition) is 8. The molecule has 3 heterocycles. The number of ether oxygens (including phenoxy) is 3. The highest BCUT2D eigenvalue weighted by Gasteiger charge is 2.16. The molecule has 45 heavy (non-hydrogen) atoms. The van der Waals surface area contributed by atoms with Crippen LogP contribution in [0.25, 0.3) is 40.1 Å². The van der Waals surface area contributed by atoms with Crippen molar-refractivity contribution in [2.24, 2.45) is 0 Å². The zero-order chi connectivity index (χ0) is 31.3. The van der Waals surface area contributed by atoms with Crippen molar-refractivity contribution in [2.45, 2.75) is 6.92 Å². The SMILES string of the molecule is C=CCOc1ccc(/C=C/c2nc3s/c(=C\c4cn(-c5ccccc5)nc4-c4ccc(OCC)c(F)c4)c(=O)n3n2)cc1OC. The van der Waals surface area contributed by atoms with Crippen molar-refractivity contribution in [2.75, 3.05) is 20.3 Å². The van der Waals surface area contributed by atoms with Crippen LogP contribution in [0.1, 0.15) is 23.9 Å². The molecule has 0 spiro atoms. The second-order valence-corrected chi connectivity index (χ2v) is 10.7. The van der Waals surface area contributed by atoms with Crippen molar-refractivity contribution in [3.63, 3.8) is 0 Å². The van der Waals surface area contributed by atoms with Crippen LogP contribution < -0.4 is 24.3 Å². The van der Waals surface area contributed by atoms with Gasteiger partial charge in [-0.15, -0.1) is 5.10 Å². The van der Waals surface area contributed by atoms with Gasteiger partial charge in [0.2, 0.25) is 4.96 Å². The van der Waals surface area contributed by atoms with Gasteiger partial charge in [0.1, 0.15) is 12.3 Å². The van der Waals surface area contributed by atoms with Gasteiger partial charge in [-0.05, 0) is 67.1 Å². The van der Waals surface area contributed by atoms with E-state index in [-0.39, 0.29) is 11.3 Å². The molecule has 0 saturated heterocycles. The van der Waals surface area contributed by atoms with Gasteiger partial charge >= 0.3 is 0 Å². The van der Waals surface area contributed by atoms with Crippen molar-refractivity contribution in [3.8, 4) is 34.2 Å². The minimum absolute atomic E-state index is 0.167. The topological polar surface area (TPSA) is 92.8 Å². The van der Waals surface area contributed by atoms with Gasteiger partial charge in [-0.3, -0.25) is 4.79 Å². The van der Waals surface area contributed by atoms with E-state index in [9.17, 15) is 9.18 Å². The van der Waals surface area contributed by atoms with E-state index in [1.54, 1.807) is 49.1 Å². The Kier molecular flexibility index (Phi) is 8.52. The zero-order valence-corrected chi connectivity index (χ0v) is 25.3. The van der Waals surface area contributed by atoms with E-state index >= 15 is 0 Å². The van der Waals surface area contributed by atoms with E-state index in [0.29, 0.717) is 56.9 Å². The van der Waals surface area contributed by atoms with E-state index in [1.165, 1.54) is 21.9 Å². The zero-order valence-electron chi connectivity index (χ0n) is 24.5. The molecule has 0 saturated carbocycles. The van der Waals surface area contributed by atoms with Gasteiger partial charge in [0.15, 0.2) is 28.9 Å². The Bertz CT molecular complexity index is 2140. The number of fused-ring (bicyclic) bond motifs is 1. The van der Waals surface area contributed by atoms with Gasteiger partial charge in [0.25, 0.3) is 5.56 Å². The fourth-order valence-corrected chi connectivity index (χ4v) is 5.54. The summed E-state index contributed by atoms with van der Waals surface area (Å²) in [6, 6.07) is 19.8. The molecule has 0 radical (unpaired) electrons. The number of benzene rings is 3. The van der Waals surface area contributed by atoms with Gasteiger partial charge in [0, 0.05) is 17.3 Å². The summed E-state index contributed by atoms with van der Waals surface area (Å²) in [7, 11) is 1.57. The number of nitrogens with zero attached hydrogens (tertiary/aromatic N) is 5. The number of rotatable bonds is 11. The fraction of sp³-hybridized carbons (Fsp3) is 0.118. The minimum Gasteiger partial charge on any atom is -0.493 e. The minimum atomic E-state index is -0.492. The molecular weight excluding hydrogens is 593 g/mol. The number of para-hydroxylation sites is 1. The monoisotopic (exact) mass is 621 g/mol. The summed E-state index contributed by atoms with van der Waals surface area (Å²) in [4.78, 5) is 18.4. The lowest BCUT2D eigenvalue weighted by Crippen LogP contribution is -2.23. The van der Waals surface area contributed by atoms with Crippen molar-refractivity contribution >= 4 is 34.5 Å². The Hall–Kier alpha value is -5.55. The molecule has 3 aromatic heterocycles. The first-order valence-electron chi connectivity index (χ1n) is 14.1. The van der Waals surface area contributed by atoms with Crippen LogP contribution >= 0.6 is 11.3 Å². The van der Waals surface area contributed by atoms with Gasteiger partial charge in [-0.2, -0.15) is 14.6 Å². The van der Waals surface area contributed by atoms with Crippen LogP contribution in [-0.2, 0) is 0 Å². The molecule has 0 fully saturated rings. The Balaban J connectivity index is 1.34. The van der Waals surface area contributed by atoms with Crippen molar-refractivity contribution in [1.29, 1.82) is 0 Å². The second-order valence-electron chi connectivity index (χ2n) is 9.71. The molecule has 0 N–H and O–H groups in total. The molecular formula is C34H28FN5O4S. The van der Waals surface area contributed by atoms with Gasteiger partial charge < -0.3 is 14.2 Å². The molecule has 0 unspecified atom stereocenters. The predicted octanol–water partition coefficient (Wildman–Crippen LogP) is 5.83. The number of halogens is 1. The number of hydrogen-bond donors (Lipinski definition) is 0. The molecule has 0 bridgehead atoms. The molecule has 0 aliphatic rings. The Morgan fingerprint density at radius 1 is 0.978 bits per heavy atom. The van der Waals surface area contributed by atoms with E-state index in [2.05, 4.69) is 16.7 Å². The lowest BCUT2D eigenvalue weighted by Gasteiger charge is -2.09. The molecule has 0 atom stereocenters. The maximum atomic E-state index is 14.8. The standard InChI is InChI=1S/C34H28FN5O4S/c1-4-17-44-28-14-11-22(18-29(28)42-3)12-16-31-36-34-40(37-31)33(41)30(45-34)20-24-21-39(25-9-7-6-8-10-25)38-32(24)23-13-15-27(43-5-2)26(35)19-23/h4,6-16,18-21H,1,5,17H2,2-3H3/b16-12+,30-20-. The van der Waals surface area contributed by atoms with E-state index in [1.807, 2.05) is 60.8 Å². The van der Waals surface area contributed by atoms with Gasteiger partial charge in [-0.25, -0.2) is 9.07 Å². The average Bonchev–Trinajstić information content (AvgIpc) is 3.75. The third kappa shape index (κ3) is 6.24. The molecule has 11 heteroatoms. The normalized spacial score (nSPS) is 11.8. The molecule has 9 nitrogen and oxygen atoms in total. The summed E-state index contributed by atoms with van der Waals surface area (Å²) in [6.45, 7) is 6.18. The number of aromatic nitrogens is 5. The van der Waals surface area contributed by atoms with E-state index in [0.717, 1.165) is 11.3 Å². The van der Waals surface area contributed by atoms with Crippen molar-refractivity contribution in [3.05, 3.63) is 123 Å². The Morgan fingerprint density at radius 3 is 2.53 bits per heavy atom. The number of methoxy groups -OCH3 is 1. The third-order valence-corrected chi connectivity index (χ3v) is 7.68. The molecule has 0 aliphatic carbocycles. The lowest BCUT2D eigenvalue weighted by molar-refractivity contribution is 0.321. The molecule has 3 aromatic carbocycles. The highest BCUT2D eigenvalue weighted by molar-refractivity contribution is 7.15. The predicted molar refractivity (Wildman–Crippen MR) is 174 cm³/mol. The van der Waals surface area contributed by atoms with Crippen LogP contribution in [0.2, 0.25) is 0 Å². The van der Waals surface area contributed by atoms with E-state index < -0.39 is 5.82 Å². The summed E-state index contributed by atoms with van der Waals surface area (Å²) >= 11 is 1.21. The molecule has 6 rings (SSSR count). The van der Waals surface area contributed by atoms with Crippen molar-refractivity contribution in [1.82, 2.24) is 24.4 Å². The largest absolute Gasteiger partial charge is 0.493 e. The van der Waals surface area contributed by atoms with Gasteiger partial charge in [0.05, 0.1) is 23.9 Å². The van der Waals surface area contributed by atoms with Gasteiger partial charge in [-0.1, -0.05) is 54.3 Å². The number of thiazole rings is 1. The first-order chi connectivity index (χ1) is 22.0. The highest BCUT2D eigenvalue weighted by atomic mass is 32.1. The summed E-state index contributed by atoms with van der Waals surface area (Å²) < 4.78 is 34.6. The smallest absolute Gasteiger partial charge is 0.291 e. The maximum absolute atomic E-state index is 14.8. The summed E-state index contributed by atoms with van der Waals surface area (Å²) in [5.41, 5.74) is 3.05. The second kappa shape index (κ2) is 13.0. The van der Waals surface area contributed by atoms with E-state index in [4.69, 9.17) is 19.3 Å². The van der Waals surface area contributed by atoms with Crippen LogP contribution in [0, 0.1) is 5.82 Å². The van der Waals surface area contributed by atoms with Crippen LogP contribution in [0.3, 0.4) is 0 Å². The molecule has 6 aromatic rings. The van der Waals surface area contributed by atoms with Crippen molar-refractivity contribution < 1.29 is 18.6 Å². The summed E-state index contributed by atoms with van der Waals surface area (Å²) in [5, 5.41) is 9.15. The van der Waals surface area contributed by atoms with Crippen LogP contribution in [-0.4, -0.2) is 44.7 Å².